The summed E-state index contributed by atoms with van der Waals surface area (Å²) in [6.07, 6.45) is 40.8. The van der Waals surface area contributed by atoms with Crippen LogP contribution in [0.2, 0.25) is 0 Å². The number of carbonyl (C=O) groups excluding carboxylic acids is 3. The van der Waals surface area contributed by atoms with Gasteiger partial charge >= 0.3 is 17.9 Å². The minimum absolute atomic E-state index is 0.0637. The first-order chi connectivity index (χ1) is 25.9. The summed E-state index contributed by atoms with van der Waals surface area (Å²) in [7, 11) is 0. The van der Waals surface area contributed by atoms with Gasteiger partial charge in [0, 0.05) is 19.3 Å². The summed E-state index contributed by atoms with van der Waals surface area (Å²) in [5.74, 6) is -0.0275. The zero-order valence-corrected chi connectivity index (χ0v) is 36.0. The lowest BCUT2D eigenvalue weighted by atomic mass is 10.0. The Morgan fingerprint density at radius 2 is 0.623 bits per heavy atom. The fourth-order valence-corrected chi connectivity index (χ4v) is 6.98. The molecule has 0 aliphatic carbocycles. The Labute approximate surface area is 329 Å². The van der Waals surface area contributed by atoms with Crippen LogP contribution in [0.5, 0.6) is 0 Å². The second-order valence-electron chi connectivity index (χ2n) is 16.5. The van der Waals surface area contributed by atoms with Crippen LogP contribution in [0.1, 0.15) is 259 Å². The molecule has 1 atom stereocenters. The van der Waals surface area contributed by atoms with E-state index in [4.69, 9.17) is 14.2 Å². The molecule has 0 bridgehead atoms. The number of unbranched alkanes of at least 4 members (excludes halogenated alkanes) is 29. The van der Waals surface area contributed by atoms with Gasteiger partial charge in [-0.2, -0.15) is 0 Å². The average Bonchev–Trinajstić information content (AvgIpc) is 3.14. The Hall–Kier alpha value is -1.59. The second kappa shape index (κ2) is 41.6. The largest absolute Gasteiger partial charge is 0.462 e. The third-order valence-corrected chi connectivity index (χ3v) is 10.5. The molecule has 0 amide bonds. The fourth-order valence-electron chi connectivity index (χ4n) is 6.98. The molecule has 0 spiro atoms. The van der Waals surface area contributed by atoms with Gasteiger partial charge in [0.2, 0.25) is 0 Å². The van der Waals surface area contributed by atoms with Gasteiger partial charge in [0.05, 0.1) is 0 Å². The van der Waals surface area contributed by atoms with Crippen LogP contribution in [-0.2, 0) is 28.6 Å². The van der Waals surface area contributed by atoms with Crippen LogP contribution in [0, 0.1) is 5.92 Å². The van der Waals surface area contributed by atoms with Crippen molar-refractivity contribution in [3.8, 4) is 0 Å². The monoisotopic (exact) mass is 751 g/mol. The van der Waals surface area contributed by atoms with Crippen molar-refractivity contribution in [2.75, 3.05) is 13.2 Å². The van der Waals surface area contributed by atoms with Crippen molar-refractivity contribution < 1.29 is 28.6 Å². The predicted molar refractivity (Wildman–Crippen MR) is 224 cm³/mol. The van der Waals surface area contributed by atoms with Gasteiger partial charge in [0.15, 0.2) is 6.10 Å². The summed E-state index contributed by atoms with van der Waals surface area (Å²) >= 11 is 0. The fraction of sp³-hybridized carbons (Fsp3) is 0.936. The summed E-state index contributed by atoms with van der Waals surface area (Å²) < 4.78 is 16.7. The maximum atomic E-state index is 12.7. The minimum atomic E-state index is -0.758. The zero-order valence-electron chi connectivity index (χ0n) is 36.0. The molecular formula is C47H90O6. The number of ether oxygens (including phenoxy) is 3. The third kappa shape index (κ3) is 41.4. The molecule has 0 rings (SSSR count). The molecule has 0 aromatic heterocycles. The molecule has 0 saturated heterocycles. The molecule has 0 aromatic rings. The van der Waals surface area contributed by atoms with E-state index in [1.165, 1.54) is 154 Å². The lowest BCUT2D eigenvalue weighted by molar-refractivity contribution is -0.167. The van der Waals surface area contributed by atoms with Crippen LogP contribution in [0.3, 0.4) is 0 Å². The number of hydrogen-bond donors (Lipinski definition) is 0. The van der Waals surface area contributed by atoms with Gasteiger partial charge in [-0.05, 0) is 25.2 Å². The molecule has 0 N–H and O–H groups in total. The molecular weight excluding hydrogens is 661 g/mol. The van der Waals surface area contributed by atoms with Crippen molar-refractivity contribution in [3.63, 3.8) is 0 Å². The molecule has 0 heterocycles. The van der Waals surface area contributed by atoms with Gasteiger partial charge in [-0.1, -0.05) is 220 Å². The normalized spacial score (nSPS) is 11.9. The Bertz CT molecular complexity index is 796. The van der Waals surface area contributed by atoms with Crippen LogP contribution < -0.4 is 0 Å². The van der Waals surface area contributed by atoms with E-state index in [-0.39, 0.29) is 31.1 Å². The lowest BCUT2D eigenvalue weighted by Gasteiger charge is -2.18. The van der Waals surface area contributed by atoms with E-state index in [1.54, 1.807) is 0 Å². The molecule has 314 valence electrons. The molecule has 0 aliphatic rings. The SMILES string of the molecule is CCCCCCCCCCCCCCC(=O)O[C@@H](COC(=O)CCCCCCCCCCC)COC(=O)CCCCCCCCCCCCCC(C)C. The van der Waals surface area contributed by atoms with Gasteiger partial charge in [-0.25, -0.2) is 0 Å². The van der Waals surface area contributed by atoms with Crippen LogP contribution in [0.25, 0.3) is 0 Å². The Morgan fingerprint density at radius 3 is 0.925 bits per heavy atom. The van der Waals surface area contributed by atoms with E-state index in [2.05, 4.69) is 27.7 Å². The highest BCUT2D eigenvalue weighted by atomic mass is 16.6. The van der Waals surface area contributed by atoms with Crippen LogP contribution in [0.4, 0.5) is 0 Å². The topological polar surface area (TPSA) is 78.9 Å². The molecule has 0 aliphatic heterocycles. The summed E-state index contributed by atoms with van der Waals surface area (Å²) in [6, 6.07) is 0. The van der Waals surface area contributed by atoms with E-state index in [0.29, 0.717) is 19.3 Å². The first-order valence-electron chi connectivity index (χ1n) is 23.4. The van der Waals surface area contributed by atoms with Crippen LogP contribution >= 0.6 is 0 Å². The van der Waals surface area contributed by atoms with Gasteiger partial charge in [-0.15, -0.1) is 0 Å². The van der Waals surface area contributed by atoms with E-state index < -0.39 is 6.10 Å². The van der Waals surface area contributed by atoms with Crippen molar-refractivity contribution in [1.29, 1.82) is 0 Å². The molecule has 6 heteroatoms. The van der Waals surface area contributed by atoms with Crippen molar-refractivity contribution in [2.24, 2.45) is 5.92 Å². The maximum Gasteiger partial charge on any atom is 0.306 e. The second-order valence-corrected chi connectivity index (χ2v) is 16.5. The predicted octanol–water partition coefficient (Wildman–Crippen LogP) is 14.7. The number of esters is 3. The van der Waals surface area contributed by atoms with Gasteiger partial charge < -0.3 is 14.2 Å². The number of carbonyl (C=O) groups is 3. The number of rotatable bonds is 42. The van der Waals surface area contributed by atoms with Crippen molar-refractivity contribution in [3.05, 3.63) is 0 Å². The quantitative estimate of drug-likeness (QED) is 0.0351. The molecule has 0 radical (unpaired) electrons. The van der Waals surface area contributed by atoms with Gasteiger partial charge in [0.1, 0.15) is 13.2 Å². The maximum absolute atomic E-state index is 12.7. The standard InChI is InChI=1S/C47H90O6/c1-5-7-9-11-13-15-16-19-24-28-32-36-40-47(50)53-44(41-51-45(48)38-34-30-26-21-14-12-10-8-6-2)42-52-46(49)39-35-31-27-23-20-17-18-22-25-29-33-37-43(3)4/h43-44H,5-42H2,1-4H3/t44-/m0/s1. The van der Waals surface area contributed by atoms with Gasteiger partial charge in [0.25, 0.3) is 0 Å². The Kier molecular flexibility index (Phi) is 40.3. The summed E-state index contributed by atoms with van der Waals surface area (Å²) in [4.78, 5) is 37.7. The average molecular weight is 751 g/mol. The first-order valence-corrected chi connectivity index (χ1v) is 23.4. The van der Waals surface area contributed by atoms with Gasteiger partial charge in [-0.3, -0.25) is 14.4 Å². The Morgan fingerprint density at radius 1 is 0.358 bits per heavy atom. The van der Waals surface area contributed by atoms with E-state index in [0.717, 1.165) is 63.7 Å². The van der Waals surface area contributed by atoms with E-state index in [9.17, 15) is 14.4 Å². The minimum Gasteiger partial charge on any atom is -0.462 e. The summed E-state index contributed by atoms with van der Waals surface area (Å²) in [5, 5.41) is 0. The number of hydrogen-bond acceptors (Lipinski definition) is 6. The van der Waals surface area contributed by atoms with Crippen molar-refractivity contribution >= 4 is 17.9 Å². The molecule has 0 unspecified atom stereocenters. The van der Waals surface area contributed by atoms with E-state index in [1.807, 2.05) is 0 Å². The Balaban J connectivity index is 4.30. The van der Waals surface area contributed by atoms with Crippen molar-refractivity contribution in [1.82, 2.24) is 0 Å². The molecule has 0 saturated carbocycles. The van der Waals surface area contributed by atoms with E-state index >= 15 is 0 Å². The lowest BCUT2D eigenvalue weighted by Crippen LogP contribution is -2.30. The first kappa shape index (κ1) is 51.4. The van der Waals surface area contributed by atoms with Crippen molar-refractivity contribution in [2.45, 2.75) is 265 Å². The summed E-state index contributed by atoms with van der Waals surface area (Å²) in [6.45, 7) is 8.98. The third-order valence-electron chi connectivity index (χ3n) is 10.5. The summed E-state index contributed by atoms with van der Waals surface area (Å²) in [5.41, 5.74) is 0. The molecule has 53 heavy (non-hydrogen) atoms. The highest BCUT2D eigenvalue weighted by Gasteiger charge is 2.19. The smallest absolute Gasteiger partial charge is 0.306 e. The zero-order chi connectivity index (χ0) is 38.9. The molecule has 0 fully saturated rings. The highest BCUT2D eigenvalue weighted by molar-refractivity contribution is 5.71. The molecule has 6 nitrogen and oxygen atoms in total. The van der Waals surface area contributed by atoms with Crippen LogP contribution in [-0.4, -0.2) is 37.2 Å². The van der Waals surface area contributed by atoms with Crippen LogP contribution in [0.15, 0.2) is 0 Å². The highest BCUT2D eigenvalue weighted by Crippen LogP contribution is 2.16. The molecule has 0 aromatic carbocycles.